The molecule has 1 aliphatic heterocycles. The van der Waals surface area contributed by atoms with Crippen molar-refractivity contribution in [2.24, 2.45) is 4.99 Å². The molecule has 0 radical (unpaired) electrons. The normalized spacial score (nSPS) is 17.0. The first-order chi connectivity index (χ1) is 10.0. The van der Waals surface area contributed by atoms with Gasteiger partial charge in [-0.05, 0) is 27.7 Å². The van der Waals surface area contributed by atoms with Gasteiger partial charge in [-0.15, -0.1) is 24.0 Å². The van der Waals surface area contributed by atoms with Gasteiger partial charge in [0, 0.05) is 44.8 Å². The minimum absolute atomic E-state index is 0. The molecule has 0 bridgehead atoms. The van der Waals surface area contributed by atoms with E-state index in [2.05, 4.69) is 53.5 Å². The van der Waals surface area contributed by atoms with Crippen LogP contribution >= 0.6 is 24.0 Å². The molecule has 22 heavy (non-hydrogen) atoms. The molecular weight excluding hydrogens is 393 g/mol. The first-order valence-electron chi connectivity index (χ1n) is 8.08. The zero-order chi connectivity index (χ0) is 15.6. The van der Waals surface area contributed by atoms with Crippen LogP contribution in [0.5, 0.6) is 0 Å². The van der Waals surface area contributed by atoms with Gasteiger partial charge in [-0.3, -0.25) is 9.89 Å². The van der Waals surface area contributed by atoms with E-state index in [9.17, 15) is 0 Å². The number of guanidine groups is 1. The number of morpholine rings is 1. The zero-order valence-corrected chi connectivity index (χ0v) is 16.9. The lowest BCUT2D eigenvalue weighted by molar-refractivity contribution is 0.0389. The van der Waals surface area contributed by atoms with Crippen molar-refractivity contribution in [3.8, 4) is 0 Å². The number of aliphatic imine (C=N–C) groups is 1. The van der Waals surface area contributed by atoms with Crippen LogP contribution in [0.2, 0.25) is 0 Å². The van der Waals surface area contributed by atoms with Crippen molar-refractivity contribution < 1.29 is 4.74 Å². The van der Waals surface area contributed by atoms with Crippen LogP contribution < -0.4 is 16.0 Å². The highest BCUT2D eigenvalue weighted by Crippen LogP contribution is 1.97. The lowest BCUT2D eigenvalue weighted by Gasteiger charge is -2.26. The van der Waals surface area contributed by atoms with Crippen molar-refractivity contribution in [1.82, 2.24) is 20.9 Å². The molecule has 0 aromatic rings. The van der Waals surface area contributed by atoms with E-state index in [0.717, 1.165) is 65.0 Å². The molecule has 1 fully saturated rings. The van der Waals surface area contributed by atoms with Gasteiger partial charge in [0.05, 0.1) is 19.8 Å². The van der Waals surface area contributed by atoms with Crippen LogP contribution in [0.4, 0.5) is 0 Å². The van der Waals surface area contributed by atoms with E-state index in [-0.39, 0.29) is 29.5 Å². The van der Waals surface area contributed by atoms with E-state index in [1.807, 2.05) is 0 Å². The lowest BCUT2D eigenvalue weighted by Crippen LogP contribution is -2.44. The van der Waals surface area contributed by atoms with Gasteiger partial charge < -0.3 is 20.7 Å². The fourth-order valence-electron chi connectivity index (χ4n) is 2.10. The van der Waals surface area contributed by atoms with Gasteiger partial charge >= 0.3 is 0 Å². The van der Waals surface area contributed by atoms with E-state index >= 15 is 0 Å². The third-order valence-electron chi connectivity index (χ3n) is 3.21. The highest BCUT2D eigenvalue weighted by Gasteiger charge is 2.10. The number of ether oxygens (including phenoxy) is 1. The van der Waals surface area contributed by atoms with Crippen molar-refractivity contribution in [1.29, 1.82) is 0 Å². The molecule has 1 saturated heterocycles. The summed E-state index contributed by atoms with van der Waals surface area (Å²) in [5.74, 6) is 0.904. The lowest BCUT2D eigenvalue weighted by atomic mass is 10.1. The highest BCUT2D eigenvalue weighted by molar-refractivity contribution is 14.0. The number of nitrogens with zero attached hydrogens (tertiary/aromatic N) is 2. The summed E-state index contributed by atoms with van der Waals surface area (Å²) in [6, 6.07) is 0. The largest absolute Gasteiger partial charge is 0.379 e. The second-order valence-corrected chi connectivity index (χ2v) is 6.32. The number of hydrogen-bond donors (Lipinski definition) is 3. The molecule has 0 saturated carbocycles. The fraction of sp³-hybridized carbons (Fsp3) is 0.933. The zero-order valence-electron chi connectivity index (χ0n) is 14.6. The molecule has 0 aliphatic carbocycles. The van der Waals surface area contributed by atoms with E-state index in [4.69, 9.17) is 4.74 Å². The van der Waals surface area contributed by atoms with E-state index in [0.29, 0.717) is 0 Å². The average Bonchev–Trinajstić information content (AvgIpc) is 2.43. The summed E-state index contributed by atoms with van der Waals surface area (Å²) in [6.45, 7) is 16.9. The van der Waals surface area contributed by atoms with Crippen LogP contribution in [0.1, 0.15) is 27.7 Å². The Bertz CT molecular complexity index is 301. The minimum atomic E-state index is 0. The van der Waals surface area contributed by atoms with Crippen LogP contribution in [0.3, 0.4) is 0 Å². The summed E-state index contributed by atoms with van der Waals surface area (Å²) >= 11 is 0. The fourth-order valence-corrected chi connectivity index (χ4v) is 2.10. The molecule has 0 spiro atoms. The SMILES string of the molecule is CCNC(=NCCNC(C)(C)C)NCCN1CCOCC1.I. The summed E-state index contributed by atoms with van der Waals surface area (Å²) in [4.78, 5) is 7.01. The molecular formula is C15H34IN5O. The number of rotatable bonds is 7. The third kappa shape index (κ3) is 11.4. The van der Waals surface area contributed by atoms with Gasteiger partial charge in [-0.2, -0.15) is 0 Å². The van der Waals surface area contributed by atoms with Crippen molar-refractivity contribution >= 4 is 29.9 Å². The summed E-state index contributed by atoms with van der Waals surface area (Å²) in [5, 5.41) is 10.1. The first kappa shape index (κ1) is 21.9. The third-order valence-corrected chi connectivity index (χ3v) is 3.21. The molecule has 1 aliphatic rings. The smallest absolute Gasteiger partial charge is 0.191 e. The second-order valence-electron chi connectivity index (χ2n) is 6.32. The van der Waals surface area contributed by atoms with Gasteiger partial charge in [0.25, 0.3) is 0 Å². The maximum atomic E-state index is 5.35. The standard InChI is InChI=1S/C15H33N5O.HI/c1-5-16-14(17-6-7-19-15(2,3)4)18-8-9-20-10-12-21-13-11-20;/h19H,5-13H2,1-4H3,(H2,16,17,18);1H. The molecule has 3 N–H and O–H groups in total. The molecule has 0 amide bonds. The van der Waals surface area contributed by atoms with Crippen molar-refractivity contribution in [2.45, 2.75) is 33.2 Å². The van der Waals surface area contributed by atoms with Gasteiger partial charge in [0.1, 0.15) is 0 Å². The van der Waals surface area contributed by atoms with Crippen LogP contribution in [-0.2, 0) is 4.74 Å². The summed E-state index contributed by atoms with van der Waals surface area (Å²) < 4.78 is 5.35. The first-order valence-corrected chi connectivity index (χ1v) is 8.08. The van der Waals surface area contributed by atoms with Crippen LogP contribution in [0.25, 0.3) is 0 Å². The van der Waals surface area contributed by atoms with Gasteiger partial charge in [-0.1, -0.05) is 0 Å². The van der Waals surface area contributed by atoms with Gasteiger partial charge in [-0.25, -0.2) is 0 Å². The maximum absolute atomic E-state index is 5.35. The number of halogens is 1. The van der Waals surface area contributed by atoms with Crippen molar-refractivity contribution in [2.75, 3.05) is 59.0 Å². The van der Waals surface area contributed by atoms with Crippen molar-refractivity contribution in [3.05, 3.63) is 0 Å². The average molecular weight is 427 g/mol. The molecule has 7 heteroatoms. The Balaban J connectivity index is 0.00000441. The topological polar surface area (TPSA) is 60.9 Å². The Kier molecular flexibility index (Phi) is 12.3. The maximum Gasteiger partial charge on any atom is 0.191 e. The molecule has 132 valence electrons. The Morgan fingerprint density at radius 2 is 1.82 bits per heavy atom. The molecule has 1 rings (SSSR count). The quantitative estimate of drug-likeness (QED) is 0.244. The van der Waals surface area contributed by atoms with E-state index in [1.165, 1.54) is 0 Å². The molecule has 0 atom stereocenters. The number of hydrogen-bond acceptors (Lipinski definition) is 4. The van der Waals surface area contributed by atoms with Crippen LogP contribution in [0, 0.1) is 0 Å². The second kappa shape index (κ2) is 12.3. The van der Waals surface area contributed by atoms with Gasteiger partial charge in [0.15, 0.2) is 5.96 Å². The Hall–Kier alpha value is -0.120. The van der Waals surface area contributed by atoms with Crippen molar-refractivity contribution in [3.63, 3.8) is 0 Å². The molecule has 0 aromatic carbocycles. The van der Waals surface area contributed by atoms with E-state index < -0.39 is 0 Å². The number of nitrogens with one attached hydrogen (secondary N) is 3. The molecule has 0 unspecified atom stereocenters. The predicted octanol–water partition coefficient (Wildman–Crippen LogP) is 0.880. The molecule has 0 aromatic heterocycles. The molecule has 1 heterocycles. The monoisotopic (exact) mass is 427 g/mol. The Labute approximate surface area is 152 Å². The van der Waals surface area contributed by atoms with E-state index in [1.54, 1.807) is 0 Å². The Morgan fingerprint density at radius 1 is 1.14 bits per heavy atom. The van der Waals surface area contributed by atoms with Crippen LogP contribution in [0.15, 0.2) is 4.99 Å². The highest BCUT2D eigenvalue weighted by atomic mass is 127. The summed E-state index contributed by atoms with van der Waals surface area (Å²) in [6.07, 6.45) is 0. The molecule has 6 nitrogen and oxygen atoms in total. The Morgan fingerprint density at radius 3 is 2.41 bits per heavy atom. The predicted molar refractivity (Wildman–Crippen MR) is 104 cm³/mol. The van der Waals surface area contributed by atoms with Crippen LogP contribution in [-0.4, -0.2) is 75.4 Å². The summed E-state index contributed by atoms with van der Waals surface area (Å²) in [5.41, 5.74) is 0.150. The summed E-state index contributed by atoms with van der Waals surface area (Å²) in [7, 11) is 0. The van der Waals surface area contributed by atoms with Gasteiger partial charge in [0.2, 0.25) is 0 Å². The minimum Gasteiger partial charge on any atom is -0.379 e.